The molecule has 0 radical (unpaired) electrons. The Morgan fingerprint density at radius 3 is 2.71 bits per heavy atom. The zero-order valence-corrected chi connectivity index (χ0v) is 11.0. The maximum atomic E-state index is 13.0. The van der Waals surface area contributed by atoms with E-state index in [1.54, 1.807) is 36.7 Å². The van der Waals surface area contributed by atoms with Crippen LogP contribution in [0.3, 0.4) is 0 Å². The summed E-state index contributed by atoms with van der Waals surface area (Å²) in [5.41, 5.74) is 1.13. The third kappa shape index (κ3) is 2.39. The molecule has 0 aliphatic heterocycles. The molecule has 0 saturated carbocycles. The second kappa shape index (κ2) is 5.17. The molecule has 21 heavy (non-hydrogen) atoms. The van der Waals surface area contributed by atoms with Crippen LogP contribution >= 0.6 is 0 Å². The predicted molar refractivity (Wildman–Crippen MR) is 76.2 cm³/mol. The molecule has 5 heteroatoms. The van der Waals surface area contributed by atoms with E-state index in [-0.39, 0.29) is 23.5 Å². The molecule has 0 spiro atoms. The summed E-state index contributed by atoms with van der Waals surface area (Å²) >= 11 is 0. The number of fused-ring (bicyclic) bond motifs is 1. The third-order valence-corrected chi connectivity index (χ3v) is 3.27. The Morgan fingerprint density at radius 2 is 2.00 bits per heavy atom. The number of halogens is 1. The zero-order chi connectivity index (χ0) is 14.8. The first-order valence-electron chi connectivity index (χ1n) is 6.31. The lowest BCUT2D eigenvalue weighted by molar-refractivity contribution is 0.626. The topological polar surface area (TPSA) is 58.7 Å². The highest BCUT2D eigenvalue weighted by Gasteiger charge is 2.09. The maximum absolute atomic E-state index is 13.0. The first-order chi connectivity index (χ1) is 10.2. The van der Waals surface area contributed by atoms with Crippen LogP contribution in [-0.4, -0.2) is 9.55 Å². The SMILES string of the molecule is N#Cc1cc2ccncc2n(Cc2ccc(F)cc2)c1=O. The molecule has 0 N–H and O–H groups in total. The highest BCUT2D eigenvalue weighted by atomic mass is 19.1. The van der Waals surface area contributed by atoms with Crippen LogP contribution in [0.1, 0.15) is 11.1 Å². The van der Waals surface area contributed by atoms with E-state index in [0.717, 1.165) is 10.9 Å². The third-order valence-electron chi connectivity index (χ3n) is 3.27. The van der Waals surface area contributed by atoms with Crippen LogP contribution in [0.5, 0.6) is 0 Å². The fourth-order valence-corrected chi connectivity index (χ4v) is 2.23. The minimum atomic E-state index is -0.373. The van der Waals surface area contributed by atoms with Crippen molar-refractivity contribution in [1.82, 2.24) is 9.55 Å². The van der Waals surface area contributed by atoms with Crippen molar-refractivity contribution in [2.24, 2.45) is 0 Å². The first kappa shape index (κ1) is 13.0. The Kier molecular flexibility index (Phi) is 3.20. The van der Waals surface area contributed by atoms with Gasteiger partial charge in [-0.1, -0.05) is 12.1 Å². The monoisotopic (exact) mass is 279 g/mol. The molecule has 3 rings (SSSR count). The van der Waals surface area contributed by atoms with Gasteiger partial charge in [0.25, 0.3) is 5.56 Å². The standard InChI is InChI=1S/C16H10FN3O/c17-14-3-1-11(2-4-14)10-20-15-9-19-6-5-12(15)7-13(8-18)16(20)21/h1-7,9H,10H2. The molecule has 0 amide bonds. The van der Waals surface area contributed by atoms with Crippen molar-refractivity contribution in [2.75, 3.05) is 0 Å². The highest BCUT2D eigenvalue weighted by molar-refractivity contribution is 5.79. The molecule has 1 aromatic carbocycles. The summed E-state index contributed by atoms with van der Waals surface area (Å²) in [5, 5.41) is 9.84. The Morgan fingerprint density at radius 1 is 1.24 bits per heavy atom. The lowest BCUT2D eigenvalue weighted by Crippen LogP contribution is -2.23. The second-order valence-electron chi connectivity index (χ2n) is 4.62. The quantitative estimate of drug-likeness (QED) is 0.724. The van der Waals surface area contributed by atoms with Gasteiger partial charge in [-0.05, 0) is 29.8 Å². The van der Waals surface area contributed by atoms with Gasteiger partial charge in [-0.25, -0.2) is 4.39 Å². The molecule has 0 aliphatic rings. The van der Waals surface area contributed by atoms with Gasteiger partial charge in [0.15, 0.2) is 0 Å². The summed E-state index contributed by atoms with van der Waals surface area (Å²) in [5.74, 6) is -0.330. The van der Waals surface area contributed by atoms with E-state index in [2.05, 4.69) is 4.98 Å². The predicted octanol–water partition coefficient (Wildman–Crippen LogP) is 2.46. The number of rotatable bonds is 2. The average Bonchev–Trinajstić information content (AvgIpc) is 2.51. The van der Waals surface area contributed by atoms with Crippen LogP contribution in [0.25, 0.3) is 10.9 Å². The van der Waals surface area contributed by atoms with Gasteiger partial charge >= 0.3 is 0 Å². The number of nitrogens with zero attached hydrogens (tertiary/aromatic N) is 3. The molecule has 0 fully saturated rings. The fraction of sp³-hybridized carbons (Fsp3) is 0.0625. The molecule has 0 atom stereocenters. The van der Waals surface area contributed by atoms with Crippen LogP contribution in [0, 0.1) is 17.1 Å². The van der Waals surface area contributed by atoms with Crippen molar-refractivity contribution in [2.45, 2.75) is 6.54 Å². The van der Waals surface area contributed by atoms with Crippen LogP contribution in [0.2, 0.25) is 0 Å². The molecule has 0 aliphatic carbocycles. The number of pyridine rings is 2. The zero-order valence-electron chi connectivity index (χ0n) is 11.0. The number of nitriles is 1. The lowest BCUT2D eigenvalue weighted by Gasteiger charge is -2.10. The van der Waals surface area contributed by atoms with Crippen LogP contribution in [0.15, 0.2) is 53.6 Å². The van der Waals surface area contributed by atoms with Gasteiger partial charge in [-0.15, -0.1) is 0 Å². The highest BCUT2D eigenvalue weighted by Crippen LogP contribution is 2.14. The van der Waals surface area contributed by atoms with Gasteiger partial charge < -0.3 is 4.57 Å². The van der Waals surface area contributed by atoms with Crippen molar-refractivity contribution < 1.29 is 4.39 Å². The maximum Gasteiger partial charge on any atom is 0.269 e. The van der Waals surface area contributed by atoms with E-state index in [4.69, 9.17) is 5.26 Å². The number of aromatic nitrogens is 2. The molecule has 2 aromatic heterocycles. The van der Waals surface area contributed by atoms with Gasteiger partial charge in [-0.3, -0.25) is 9.78 Å². The molecule has 4 nitrogen and oxygen atoms in total. The molecule has 0 unspecified atom stereocenters. The molecular weight excluding hydrogens is 269 g/mol. The van der Waals surface area contributed by atoms with Crippen LogP contribution < -0.4 is 5.56 Å². The van der Waals surface area contributed by atoms with E-state index >= 15 is 0 Å². The number of hydrogen-bond acceptors (Lipinski definition) is 3. The molecule has 3 aromatic rings. The Labute approximate surface area is 119 Å². The summed E-state index contributed by atoms with van der Waals surface area (Å²) in [7, 11) is 0. The van der Waals surface area contributed by atoms with Gasteiger partial charge in [0.1, 0.15) is 17.4 Å². The summed E-state index contributed by atoms with van der Waals surface area (Å²) in [4.78, 5) is 16.3. The summed E-state index contributed by atoms with van der Waals surface area (Å²) in [6.45, 7) is 0.261. The molecule has 102 valence electrons. The largest absolute Gasteiger partial charge is 0.301 e. The van der Waals surface area contributed by atoms with E-state index < -0.39 is 0 Å². The second-order valence-corrected chi connectivity index (χ2v) is 4.62. The van der Waals surface area contributed by atoms with Crippen molar-refractivity contribution in [1.29, 1.82) is 5.26 Å². The summed E-state index contributed by atoms with van der Waals surface area (Å²) in [6.07, 6.45) is 3.19. The number of hydrogen-bond donors (Lipinski definition) is 0. The normalized spacial score (nSPS) is 10.5. The van der Waals surface area contributed by atoms with Gasteiger partial charge in [0.2, 0.25) is 0 Å². The molecule has 2 heterocycles. The minimum Gasteiger partial charge on any atom is -0.301 e. The Balaban J connectivity index is 2.21. The molecule has 0 bridgehead atoms. The summed E-state index contributed by atoms with van der Waals surface area (Å²) < 4.78 is 14.4. The van der Waals surface area contributed by atoms with E-state index in [0.29, 0.717) is 5.52 Å². The smallest absolute Gasteiger partial charge is 0.269 e. The van der Waals surface area contributed by atoms with Crippen molar-refractivity contribution in [3.8, 4) is 6.07 Å². The van der Waals surface area contributed by atoms with E-state index in [1.165, 1.54) is 16.7 Å². The Bertz CT molecular complexity index is 907. The van der Waals surface area contributed by atoms with Crippen molar-refractivity contribution in [3.05, 3.63) is 76.1 Å². The lowest BCUT2D eigenvalue weighted by atomic mass is 10.1. The van der Waals surface area contributed by atoms with Gasteiger partial charge in [-0.2, -0.15) is 5.26 Å². The molecule has 0 saturated heterocycles. The van der Waals surface area contributed by atoms with Gasteiger partial charge in [0.05, 0.1) is 18.3 Å². The van der Waals surface area contributed by atoms with E-state index in [1.807, 2.05) is 6.07 Å². The van der Waals surface area contributed by atoms with Crippen molar-refractivity contribution in [3.63, 3.8) is 0 Å². The van der Waals surface area contributed by atoms with Crippen LogP contribution in [-0.2, 0) is 6.54 Å². The molecular formula is C16H10FN3O. The van der Waals surface area contributed by atoms with Crippen molar-refractivity contribution >= 4 is 10.9 Å². The van der Waals surface area contributed by atoms with E-state index in [9.17, 15) is 9.18 Å². The number of benzene rings is 1. The van der Waals surface area contributed by atoms with Crippen LogP contribution in [0.4, 0.5) is 4.39 Å². The average molecular weight is 279 g/mol. The Hall–Kier alpha value is -3.00. The first-order valence-corrected chi connectivity index (χ1v) is 6.31. The summed E-state index contributed by atoms with van der Waals surface area (Å²) in [6, 6.07) is 11.1. The fourth-order valence-electron chi connectivity index (χ4n) is 2.23. The minimum absolute atomic E-state index is 0.0795. The van der Waals surface area contributed by atoms with Gasteiger partial charge in [0, 0.05) is 11.6 Å².